The molecule has 24 heavy (non-hydrogen) atoms. The summed E-state index contributed by atoms with van der Waals surface area (Å²) in [6, 6.07) is 15.4. The Morgan fingerprint density at radius 2 is 1.62 bits per heavy atom. The molecule has 0 fully saturated rings. The molecule has 0 aliphatic carbocycles. The second-order valence-corrected chi connectivity index (χ2v) is 7.41. The summed E-state index contributed by atoms with van der Waals surface area (Å²) in [4.78, 5) is 2.12. The number of hydrogen-bond donors (Lipinski definition) is 0. The Bertz CT molecular complexity index is 822. The van der Waals surface area contributed by atoms with Gasteiger partial charge in [-0.1, -0.05) is 23.8 Å². The van der Waals surface area contributed by atoms with Crippen LogP contribution in [0.5, 0.6) is 0 Å². The third kappa shape index (κ3) is 2.77. The summed E-state index contributed by atoms with van der Waals surface area (Å²) in [7, 11) is 6.30. The average Bonchev–Trinajstić information content (AvgIpc) is 2.72. The molecule has 2 nitrogen and oxygen atoms in total. The Labute approximate surface area is 145 Å². The van der Waals surface area contributed by atoms with E-state index in [-0.39, 0.29) is 5.41 Å². The minimum atomic E-state index is 0.0240. The van der Waals surface area contributed by atoms with Gasteiger partial charge in [-0.2, -0.15) is 4.58 Å². The molecular weight excluding hydrogens is 292 g/mol. The maximum absolute atomic E-state index is 2.32. The summed E-state index contributed by atoms with van der Waals surface area (Å²) in [5, 5.41) is 0. The number of allylic oxidation sites excluding steroid dienone is 1. The van der Waals surface area contributed by atoms with E-state index in [4.69, 9.17) is 0 Å². The summed E-state index contributed by atoms with van der Waals surface area (Å²) >= 11 is 0. The Morgan fingerprint density at radius 1 is 0.958 bits per heavy atom. The van der Waals surface area contributed by atoms with E-state index in [1.807, 2.05) is 0 Å². The van der Waals surface area contributed by atoms with Crippen molar-refractivity contribution < 1.29 is 4.58 Å². The fourth-order valence-corrected chi connectivity index (χ4v) is 3.51. The van der Waals surface area contributed by atoms with Gasteiger partial charge in [-0.15, -0.1) is 0 Å². The molecule has 124 valence electrons. The van der Waals surface area contributed by atoms with Crippen molar-refractivity contribution in [1.82, 2.24) is 0 Å². The molecule has 0 saturated carbocycles. The molecule has 3 rings (SSSR count). The zero-order chi connectivity index (χ0) is 17.5. The summed E-state index contributed by atoms with van der Waals surface area (Å²) < 4.78 is 2.32. The predicted molar refractivity (Wildman–Crippen MR) is 105 cm³/mol. The molecule has 0 unspecified atom stereocenters. The molecule has 1 heterocycles. The zero-order valence-electron chi connectivity index (χ0n) is 15.6. The molecule has 0 spiro atoms. The fourth-order valence-electron chi connectivity index (χ4n) is 3.51. The standard InChI is InChI=1S/C22H27N2/c1-16-7-13-20-19(15-16)22(2,3)21(24(20)6)14-10-17-8-11-18(12-9-17)23(4)5/h7-15H,1-6H3/q+1. The van der Waals surface area contributed by atoms with Crippen molar-refractivity contribution in [2.24, 2.45) is 0 Å². The normalized spacial score (nSPS) is 15.9. The topological polar surface area (TPSA) is 6.25 Å². The van der Waals surface area contributed by atoms with Gasteiger partial charge in [-0.05, 0) is 50.6 Å². The van der Waals surface area contributed by atoms with Crippen LogP contribution in [0.2, 0.25) is 0 Å². The molecular formula is C22H27N2+. The van der Waals surface area contributed by atoms with Crippen LogP contribution in [0.4, 0.5) is 11.4 Å². The van der Waals surface area contributed by atoms with Crippen molar-refractivity contribution in [2.75, 3.05) is 26.0 Å². The lowest BCUT2D eigenvalue weighted by Crippen LogP contribution is -2.26. The van der Waals surface area contributed by atoms with Gasteiger partial charge in [0.15, 0.2) is 5.71 Å². The summed E-state index contributed by atoms with van der Waals surface area (Å²) in [6.07, 6.45) is 4.48. The van der Waals surface area contributed by atoms with Crippen LogP contribution in [-0.2, 0) is 5.41 Å². The van der Waals surface area contributed by atoms with Crippen LogP contribution in [0.15, 0.2) is 48.5 Å². The molecule has 1 aliphatic heterocycles. The van der Waals surface area contributed by atoms with Crippen molar-refractivity contribution in [3.8, 4) is 0 Å². The smallest absolute Gasteiger partial charge is 0.209 e. The monoisotopic (exact) mass is 319 g/mol. The van der Waals surface area contributed by atoms with Crippen LogP contribution >= 0.6 is 0 Å². The quantitative estimate of drug-likeness (QED) is 0.738. The molecule has 0 bridgehead atoms. The molecule has 0 amide bonds. The Balaban J connectivity index is 1.94. The Kier molecular flexibility index (Phi) is 4.08. The van der Waals surface area contributed by atoms with Crippen LogP contribution in [0.25, 0.3) is 6.08 Å². The van der Waals surface area contributed by atoms with Gasteiger partial charge in [0.05, 0.1) is 5.41 Å². The first-order chi connectivity index (χ1) is 11.3. The van der Waals surface area contributed by atoms with Crippen LogP contribution < -0.4 is 4.90 Å². The van der Waals surface area contributed by atoms with Gasteiger partial charge in [0.2, 0.25) is 5.69 Å². The van der Waals surface area contributed by atoms with Crippen LogP contribution in [0.3, 0.4) is 0 Å². The molecule has 0 radical (unpaired) electrons. The van der Waals surface area contributed by atoms with Crippen molar-refractivity contribution in [3.05, 3.63) is 65.2 Å². The third-order valence-electron chi connectivity index (χ3n) is 5.03. The van der Waals surface area contributed by atoms with E-state index >= 15 is 0 Å². The Hall–Kier alpha value is -2.35. The van der Waals surface area contributed by atoms with Crippen molar-refractivity contribution in [3.63, 3.8) is 0 Å². The molecule has 0 atom stereocenters. The molecule has 1 aliphatic rings. The molecule has 0 N–H and O–H groups in total. The number of rotatable bonds is 3. The van der Waals surface area contributed by atoms with E-state index in [1.165, 1.54) is 33.8 Å². The van der Waals surface area contributed by atoms with Gasteiger partial charge in [0.25, 0.3) is 0 Å². The summed E-state index contributed by atoms with van der Waals surface area (Å²) in [5.74, 6) is 0. The largest absolute Gasteiger partial charge is 0.378 e. The number of aryl methyl sites for hydroxylation is 1. The van der Waals surface area contributed by atoms with Gasteiger partial charge in [0.1, 0.15) is 7.05 Å². The first-order valence-electron chi connectivity index (χ1n) is 8.48. The van der Waals surface area contributed by atoms with Gasteiger partial charge >= 0.3 is 0 Å². The number of nitrogens with zero attached hydrogens (tertiary/aromatic N) is 2. The fraction of sp³-hybridized carbons (Fsp3) is 0.318. The lowest BCUT2D eigenvalue weighted by Gasteiger charge is -2.16. The van der Waals surface area contributed by atoms with E-state index in [0.29, 0.717) is 0 Å². The predicted octanol–water partition coefficient (Wildman–Crippen LogP) is 4.78. The first-order valence-corrected chi connectivity index (χ1v) is 8.48. The summed E-state index contributed by atoms with van der Waals surface area (Å²) in [5.41, 5.74) is 7.85. The minimum absolute atomic E-state index is 0.0240. The highest BCUT2D eigenvalue weighted by Crippen LogP contribution is 2.39. The van der Waals surface area contributed by atoms with Crippen LogP contribution in [0, 0.1) is 6.92 Å². The van der Waals surface area contributed by atoms with Crippen molar-refractivity contribution in [2.45, 2.75) is 26.2 Å². The molecule has 0 aromatic heterocycles. The van der Waals surface area contributed by atoms with E-state index in [0.717, 1.165) is 0 Å². The van der Waals surface area contributed by atoms with E-state index in [9.17, 15) is 0 Å². The van der Waals surface area contributed by atoms with Gasteiger partial charge in [-0.3, -0.25) is 0 Å². The second-order valence-electron chi connectivity index (χ2n) is 7.41. The lowest BCUT2D eigenvalue weighted by molar-refractivity contribution is -0.401. The van der Waals surface area contributed by atoms with Crippen LogP contribution in [0.1, 0.15) is 30.5 Å². The number of hydrogen-bond acceptors (Lipinski definition) is 1. The SMILES string of the molecule is Cc1ccc2c(c1)C(C)(C)C(C=Cc1ccc(N(C)C)cc1)=[N+]2C. The maximum atomic E-state index is 2.32. The summed E-state index contributed by atoms with van der Waals surface area (Å²) in [6.45, 7) is 6.78. The molecule has 2 aromatic carbocycles. The van der Waals surface area contributed by atoms with E-state index < -0.39 is 0 Å². The van der Waals surface area contributed by atoms with Crippen molar-refractivity contribution in [1.29, 1.82) is 0 Å². The molecule has 2 aromatic rings. The minimum Gasteiger partial charge on any atom is -0.378 e. The van der Waals surface area contributed by atoms with E-state index in [1.54, 1.807) is 0 Å². The Morgan fingerprint density at radius 3 is 2.25 bits per heavy atom. The van der Waals surface area contributed by atoms with Gasteiger partial charge in [-0.25, -0.2) is 0 Å². The van der Waals surface area contributed by atoms with Gasteiger partial charge < -0.3 is 4.90 Å². The molecule has 0 saturated heterocycles. The number of fused-ring (bicyclic) bond motifs is 1. The van der Waals surface area contributed by atoms with Gasteiger partial charge in [0, 0.05) is 37.5 Å². The number of benzene rings is 2. The second kappa shape index (κ2) is 5.94. The average molecular weight is 319 g/mol. The zero-order valence-corrected chi connectivity index (χ0v) is 15.6. The maximum Gasteiger partial charge on any atom is 0.209 e. The van der Waals surface area contributed by atoms with Crippen molar-refractivity contribution >= 4 is 23.2 Å². The highest BCUT2D eigenvalue weighted by Gasteiger charge is 2.42. The van der Waals surface area contributed by atoms with E-state index in [2.05, 4.69) is 106 Å². The third-order valence-corrected chi connectivity index (χ3v) is 5.03. The highest BCUT2D eigenvalue weighted by atomic mass is 15.1. The first kappa shape index (κ1) is 16.5. The van der Waals surface area contributed by atoms with Crippen LogP contribution in [-0.4, -0.2) is 31.4 Å². The lowest BCUT2D eigenvalue weighted by atomic mass is 9.81. The molecule has 2 heteroatoms. The highest BCUT2D eigenvalue weighted by molar-refractivity contribution is 6.05. The number of anilines is 1.